The van der Waals surface area contributed by atoms with E-state index in [4.69, 9.17) is 5.84 Å². The minimum Gasteiger partial charge on any atom is -0.312 e. The van der Waals surface area contributed by atoms with Crippen LogP contribution >= 0.6 is 0 Å². The Morgan fingerprint density at radius 2 is 1.73 bits per heavy atom. The second-order valence-electron chi connectivity index (χ2n) is 4.64. The molecule has 0 spiro atoms. The number of hydrazine groups is 1. The molecule has 0 radical (unpaired) electrons. The summed E-state index contributed by atoms with van der Waals surface area (Å²) in [7, 11) is 0. The van der Waals surface area contributed by atoms with Gasteiger partial charge in [-0.15, -0.1) is 0 Å². The molecule has 0 heterocycles. The molecule has 0 aliphatic heterocycles. The predicted octanol–water partition coefficient (Wildman–Crippen LogP) is 2.50. The third-order valence-corrected chi connectivity index (χ3v) is 2.24. The van der Waals surface area contributed by atoms with Gasteiger partial charge in [0.1, 0.15) is 5.84 Å². The predicted molar refractivity (Wildman–Crippen MR) is 65.2 cm³/mol. The summed E-state index contributed by atoms with van der Waals surface area (Å²) in [5, 5.41) is 0. The van der Waals surface area contributed by atoms with Gasteiger partial charge in [0.2, 0.25) is 0 Å². The van der Waals surface area contributed by atoms with Crippen molar-refractivity contribution < 1.29 is 0 Å². The van der Waals surface area contributed by atoms with Gasteiger partial charge >= 0.3 is 0 Å². The van der Waals surface area contributed by atoms with Gasteiger partial charge in [0.05, 0.1) is 5.69 Å². The molecule has 0 fully saturated rings. The lowest BCUT2D eigenvalue weighted by atomic mass is 9.87. The van der Waals surface area contributed by atoms with Gasteiger partial charge in [-0.05, 0) is 30.0 Å². The van der Waals surface area contributed by atoms with Crippen molar-refractivity contribution in [2.75, 3.05) is 0 Å². The summed E-state index contributed by atoms with van der Waals surface area (Å²) in [5.74, 6) is 5.95. The van der Waals surface area contributed by atoms with E-state index in [0.717, 1.165) is 5.69 Å². The van der Waals surface area contributed by atoms with E-state index in [-0.39, 0.29) is 5.41 Å². The number of hydrogen-bond acceptors (Lipinski definition) is 2. The first kappa shape index (κ1) is 11.7. The summed E-state index contributed by atoms with van der Waals surface area (Å²) in [5.41, 5.74) is 4.91. The number of aliphatic imine (C=N–C) groups is 1. The van der Waals surface area contributed by atoms with E-state index in [1.54, 1.807) is 0 Å². The Labute approximate surface area is 91.4 Å². The van der Waals surface area contributed by atoms with E-state index in [9.17, 15) is 0 Å². The highest BCUT2D eigenvalue weighted by Crippen LogP contribution is 2.24. The highest BCUT2D eigenvalue weighted by molar-refractivity contribution is 5.81. The van der Waals surface area contributed by atoms with Crippen LogP contribution in [0.1, 0.15) is 33.3 Å². The van der Waals surface area contributed by atoms with Crippen molar-refractivity contribution in [3.63, 3.8) is 0 Å². The normalized spacial score (nSPS) is 12.7. The van der Waals surface area contributed by atoms with Crippen LogP contribution in [-0.2, 0) is 5.41 Å². The van der Waals surface area contributed by atoms with E-state index >= 15 is 0 Å². The van der Waals surface area contributed by atoms with E-state index in [2.05, 4.69) is 43.3 Å². The third-order valence-electron chi connectivity index (χ3n) is 2.24. The molecule has 3 N–H and O–H groups in total. The molecule has 3 nitrogen and oxygen atoms in total. The molecule has 0 bridgehead atoms. The van der Waals surface area contributed by atoms with Gasteiger partial charge in [0.25, 0.3) is 0 Å². The quantitative estimate of drug-likeness (QED) is 0.320. The van der Waals surface area contributed by atoms with Crippen LogP contribution in [0.4, 0.5) is 5.69 Å². The Morgan fingerprint density at radius 1 is 1.20 bits per heavy atom. The standard InChI is InChI=1S/C12H19N3/c1-9(15-13)14-11-7-5-10(6-8-11)12(2,3)4/h5-8H,13H2,1-4H3,(H,14,15). The van der Waals surface area contributed by atoms with E-state index < -0.39 is 0 Å². The van der Waals surface area contributed by atoms with E-state index in [1.807, 2.05) is 19.1 Å². The number of nitrogens with zero attached hydrogens (tertiary/aromatic N) is 1. The molecule has 0 saturated heterocycles. The molecular formula is C12H19N3. The summed E-state index contributed by atoms with van der Waals surface area (Å²) < 4.78 is 0. The molecule has 0 aliphatic carbocycles. The van der Waals surface area contributed by atoms with Crippen molar-refractivity contribution in [1.82, 2.24) is 5.43 Å². The molecule has 0 aromatic heterocycles. The van der Waals surface area contributed by atoms with Crippen LogP contribution in [0.3, 0.4) is 0 Å². The largest absolute Gasteiger partial charge is 0.312 e. The summed E-state index contributed by atoms with van der Waals surface area (Å²) >= 11 is 0. The number of nitrogens with two attached hydrogens (primary N) is 1. The molecule has 0 unspecified atom stereocenters. The Hall–Kier alpha value is -1.35. The van der Waals surface area contributed by atoms with Crippen molar-refractivity contribution in [1.29, 1.82) is 0 Å². The fraction of sp³-hybridized carbons (Fsp3) is 0.417. The fourth-order valence-electron chi connectivity index (χ4n) is 1.26. The van der Waals surface area contributed by atoms with Crippen molar-refractivity contribution in [3.8, 4) is 0 Å². The van der Waals surface area contributed by atoms with Gasteiger partial charge in [-0.3, -0.25) is 0 Å². The molecule has 0 amide bonds. The Morgan fingerprint density at radius 3 is 2.13 bits per heavy atom. The second kappa shape index (κ2) is 4.45. The lowest BCUT2D eigenvalue weighted by molar-refractivity contribution is 0.590. The smallest absolute Gasteiger partial charge is 0.113 e. The van der Waals surface area contributed by atoms with Crippen molar-refractivity contribution in [2.45, 2.75) is 33.1 Å². The summed E-state index contributed by atoms with van der Waals surface area (Å²) in [6, 6.07) is 8.20. The SMILES string of the molecule is CC(=Nc1ccc(C(C)(C)C)cc1)NN. The number of hydrogen-bond donors (Lipinski definition) is 2. The topological polar surface area (TPSA) is 50.4 Å². The fourth-order valence-corrected chi connectivity index (χ4v) is 1.26. The minimum absolute atomic E-state index is 0.184. The van der Waals surface area contributed by atoms with Gasteiger partial charge in [-0.2, -0.15) is 0 Å². The molecule has 82 valence electrons. The van der Waals surface area contributed by atoms with Crippen LogP contribution in [-0.4, -0.2) is 5.84 Å². The van der Waals surface area contributed by atoms with Gasteiger partial charge < -0.3 is 5.43 Å². The monoisotopic (exact) mass is 205 g/mol. The molecule has 1 rings (SSSR count). The van der Waals surface area contributed by atoms with Crippen molar-refractivity contribution in [3.05, 3.63) is 29.8 Å². The minimum atomic E-state index is 0.184. The zero-order valence-electron chi connectivity index (χ0n) is 9.83. The van der Waals surface area contributed by atoms with Gasteiger partial charge in [0, 0.05) is 0 Å². The Kier molecular flexibility index (Phi) is 3.48. The lowest BCUT2D eigenvalue weighted by Crippen LogP contribution is -2.27. The number of amidine groups is 1. The Balaban J connectivity index is 2.91. The maximum absolute atomic E-state index is 5.24. The molecule has 0 atom stereocenters. The number of nitrogens with one attached hydrogen (secondary N) is 1. The summed E-state index contributed by atoms with van der Waals surface area (Å²) in [4.78, 5) is 4.28. The van der Waals surface area contributed by atoms with Crippen LogP contribution in [0.5, 0.6) is 0 Å². The first-order valence-corrected chi connectivity index (χ1v) is 5.06. The molecule has 0 saturated carbocycles. The van der Waals surface area contributed by atoms with Gasteiger partial charge in [0.15, 0.2) is 0 Å². The maximum atomic E-state index is 5.24. The molecule has 3 heteroatoms. The molecule has 1 aromatic rings. The maximum Gasteiger partial charge on any atom is 0.113 e. The second-order valence-corrected chi connectivity index (χ2v) is 4.64. The van der Waals surface area contributed by atoms with Crippen LogP contribution in [0.15, 0.2) is 29.3 Å². The molecule has 1 aromatic carbocycles. The first-order chi connectivity index (χ1) is 6.93. The van der Waals surface area contributed by atoms with Crippen LogP contribution in [0.2, 0.25) is 0 Å². The average Bonchev–Trinajstić information content (AvgIpc) is 2.17. The zero-order chi connectivity index (χ0) is 11.5. The van der Waals surface area contributed by atoms with Crippen LogP contribution in [0.25, 0.3) is 0 Å². The summed E-state index contributed by atoms with van der Waals surface area (Å²) in [6.45, 7) is 8.41. The zero-order valence-corrected chi connectivity index (χ0v) is 9.83. The molecule has 0 aliphatic rings. The Bertz CT molecular complexity index is 344. The van der Waals surface area contributed by atoms with E-state index in [0.29, 0.717) is 5.84 Å². The van der Waals surface area contributed by atoms with Gasteiger partial charge in [-0.25, -0.2) is 10.8 Å². The van der Waals surface area contributed by atoms with Crippen LogP contribution < -0.4 is 11.3 Å². The number of rotatable bonds is 1. The first-order valence-electron chi connectivity index (χ1n) is 5.06. The van der Waals surface area contributed by atoms with Gasteiger partial charge in [-0.1, -0.05) is 32.9 Å². The highest BCUT2D eigenvalue weighted by Gasteiger charge is 2.12. The highest BCUT2D eigenvalue weighted by atomic mass is 15.2. The number of benzene rings is 1. The van der Waals surface area contributed by atoms with E-state index in [1.165, 1.54) is 5.56 Å². The lowest BCUT2D eigenvalue weighted by Gasteiger charge is -2.18. The third kappa shape index (κ3) is 3.36. The van der Waals surface area contributed by atoms with Crippen molar-refractivity contribution in [2.24, 2.45) is 10.8 Å². The molecule has 15 heavy (non-hydrogen) atoms. The summed E-state index contributed by atoms with van der Waals surface area (Å²) in [6.07, 6.45) is 0. The average molecular weight is 205 g/mol. The molecular weight excluding hydrogens is 186 g/mol. The van der Waals surface area contributed by atoms with Crippen LogP contribution in [0, 0.1) is 0 Å². The van der Waals surface area contributed by atoms with Crippen molar-refractivity contribution >= 4 is 11.5 Å².